The number of nitrogens with zero attached hydrogens (tertiary/aromatic N) is 3. The van der Waals surface area contributed by atoms with Gasteiger partial charge in [-0.05, 0) is 41.5 Å². The lowest BCUT2D eigenvalue weighted by Crippen LogP contribution is -2.43. The minimum atomic E-state index is 0.214. The molecule has 4 rings (SSSR count). The molecule has 136 valence electrons. The summed E-state index contributed by atoms with van der Waals surface area (Å²) in [7, 11) is 1.80. The van der Waals surface area contributed by atoms with Crippen molar-refractivity contribution < 1.29 is 4.79 Å². The van der Waals surface area contributed by atoms with E-state index in [0.717, 1.165) is 38.4 Å². The molecular weight excluding hydrogens is 344 g/mol. The average molecular weight is 369 g/mol. The number of para-hydroxylation sites is 1. The first-order chi connectivity index (χ1) is 12.8. The molecule has 1 amide bonds. The molecule has 1 N–H and O–H groups in total. The van der Waals surface area contributed by atoms with Crippen molar-refractivity contribution >= 4 is 28.9 Å². The highest BCUT2D eigenvalue weighted by molar-refractivity contribution is 7.10. The van der Waals surface area contributed by atoms with Crippen molar-refractivity contribution in [1.29, 1.82) is 0 Å². The van der Waals surface area contributed by atoms with Gasteiger partial charge in [0, 0.05) is 50.2 Å². The van der Waals surface area contributed by atoms with Crippen LogP contribution in [0, 0.1) is 0 Å². The van der Waals surface area contributed by atoms with Gasteiger partial charge in [-0.1, -0.05) is 18.2 Å². The molecule has 1 aromatic heterocycles. The number of benzene rings is 1. The second-order valence-corrected chi connectivity index (χ2v) is 7.69. The van der Waals surface area contributed by atoms with E-state index in [0.29, 0.717) is 13.0 Å². The summed E-state index contributed by atoms with van der Waals surface area (Å²) >= 11 is 1.80. The summed E-state index contributed by atoms with van der Waals surface area (Å²) in [6, 6.07) is 10.6. The summed E-state index contributed by atoms with van der Waals surface area (Å²) in [5.41, 5.74) is 3.88. The van der Waals surface area contributed by atoms with Crippen molar-refractivity contribution in [3.8, 4) is 0 Å². The van der Waals surface area contributed by atoms with Crippen molar-refractivity contribution in [3.05, 3.63) is 51.7 Å². The van der Waals surface area contributed by atoms with Crippen LogP contribution in [0.15, 0.2) is 40.7 Å². The van der Waals surface area contributed by atoms with Crippen LogP contribution in [0.4, 0.5) is 5.69 Å². The second-order valence-electron chi connectivity index (χ2n) is 6.69. The number of guanidine groups is 1. The predicted molar refractivity (Wildman–Crippen MR) is 107 cm³/mol. The van der Waals surface area contributed by atoms with Gasteiger partial charge in [0.25, 0.3) is 0 Å². The van der Waals surface area contributed by atoms with Crippen LogP contribution in [0.5, 0.6) is 0 Å². The van der Waals surface area contributed by atoms with Gasteiger partial charge in [-0.25, -0.2) is 0 Å². The zero-order chi connectivity index (χ0) is 17.9. The number of rotatable bonds is 3. The van der Waals surface area contributed by atoms with E-state index < -0.39 is 0 Å². The zero-order valence-electron chi connectivity index (χ0n) is 15.1. The molecule has 2 aromatic rings. The Kier molecular flexibility index (Phi) is 4.93. The Balaban J connectivity index is 1.31. The lowest BCUT2D eigenvalue weighted by molar-refractivity contribution is -0.131. The standard InChI is InChI=1S/C20H24N4OS/c1-21-20(24-12-7-15-4-2-3-5-17(15)24)22-10-6-19(25)23-11-8-18-16(14-23)9-13-26-18/h2-5,9,13H,6-8,10-12,14H2,1H3,(H,21,22). The van der Waals surface area contributed by atoms with E-state index in [2.05, 4.69) is 50.9 Å². The van der Waals surface area contributed by atoms with Crippen LogP contribution in [0.2, 0.25) is 0 Å². The second kappa shape index (κ2) is 7.50. The molecule has 0 radical (unpaired) electrons. The number of amides is 1. The van der Waals surface area contributed by atoms with E-state index in [9.17, 15) is 4.79 Å². The first kappa shape index (κ1) is 17.1. The molecular formula is C20H24N4OS. The molecule has 0 atom stereocenters. The molecule has 0 saturated heterocycles. The van der Waals surface area contributed by atoms with E-state index in [1.807, 2.05) is 4.90 Å². The van der Waals surface area contributed by atoms with Crippen molar-refractivity contribution in [2.75, 3.05) is 31.6 Å². The van der Waals surface area contributed by atoms with E-state index in [1.165, 1.54) is 21.7 Å². The Bertz CT molecular complexity index is 829. The third kappa shape index (κ3) is 3.33. The van der Waals surface area contributed by atoms with Crippen molar-refractivity contribution in [1.82, 2.24) is 10.2 Å². The minimum absolute atomic E-state index is 0.214. The summed E-state index contributed by atoms with van der Waals surface area (Å²) in [6.07, 6.45) is 2.51. The molecule has 0 aliphatic carbocycles. The fraction of sp³-hybridized carbons (Fsp3) is 0.400. The molecule has 1 aromatic carbocycles. The molecule has 5 nitrogen and oxygen atoms in total. The Hall–Kier alpha value is -2.34. The molecule has 2 aliphatic rings. The van der Waals surface area contributed by atoms with Crippen LogP contribution in [0.25, 0.3) is 0 Å². The lowest BCUT2D eigenvalue weighted by Gasteiger charge is -2.27. The maximum atomic E-state index is 12.6. The number of thiophene rings is 1. The highest BCUT2D eigenvalue weighted by atomic mass is 32.1. The largest absolute Gasteiger partial charge is 0.355 e. The Morgan fingerprint density at radius 1 is 1.19 bits per heavy atom. The summed E-state index contributed by atoms with van der Waals surface area (Å²) in [5, 5.41) is 5.49. The fourth-order valence-corrected chi connectivity index (χ4v) is 4.64. The molecule has 0 spiro atoms. The molecule has 6 heteroatoms. The number of hydrogen-bond acceptors (Lipinski definition) is 3. The zero-order valence-corrected chi connectivity index (χ0v) is 15.9. The molecule has 0 fully saturated rings. The smallest absolute Gasteiger partial charge is 0.224 e. The fourth-order valence-electron chi connectivity index (χ4n) is 3.75. The van der Waals surface area contributed by atoms with Crippen LogP contribution in [0.3, 0.4) is 0 Å². The number of nitrogens with one attached hydrogen (secondary N) is 1. The number of carbonyl (C=O) groups is 1. The van der Waals surface area contributed by atoms with Crippen LogP contribution in [0.1, 0.15) is 22.4 Å². The van der Waals surface area contributed by atoms with Crippen molar-refractivity contribution in [2.45, 2.75) is 25.8 Å². The van der Waals surface area contributed by atoms with Gasteiger partial charge in [0.05, 0.1) is 0 Å². The quantitative estimate of drug-likeness (QED) is 0.669. The molecule has 0 saturated carbocycles. The third-order valence-electron chi connectivity index (χ3n) is 5.14. The van der Waals surface area contributed by atoms with Crippen LogP contribution in [-0.2, 0) is 24.2 Å². The maximum absolute atomic E-state index is 12.6. The number of anilines is 1. The molecule has 3 heterocycles. The number of carbonyl (C=O) groups excluding carboxylic acids is 1. The summed E-state index contributed by atoms with van der Waals surface area (Å²) < 4.78 is 0. The monoisotopic (exact) mass is 368 g/mol. The van der Waals surface area contributed by atoms with Crippen LogP contribution in [-0.4, -0.2) is 43.4 Å². The van der Waals surface area contributed by atoms with E-state index in [1.54, 1.807) is 18.4 Å². The van der Waals surface area contributed by atoms with Crippen LogP contribution < -0.4 is 10.2 Å². The third-order valence-corrected chi connectivity index (χ3v) is 6.16. The van der Waals surface area contributed by atoms with E-state index in [4.69, 9.17) is 0 Å². The summed E-state index contributed by atoms with van der Waals surface area (Å²) in [6.45, 7) is 3.13. The first-order valence-electron chi connectivity index (χ1n) is 9.15. The van der Waals surface area contributed by atoms with Gasteiger partial charge >= 0.3 is 0 Å². The van der Waals surface area contributed by atoms with Gasteiger partial charge in [-0.2, -0.15) is 0 Å². The van der Waals surface area contributed by atoms with Gasteiger partial charge in [0.15, 0.2) is 5.96 Å². The average Bonchev–Trinajstić information content (AvgIpc) is 3.31. The Morgan fingerprint density at radius 3 is 2.96 bits per heavy atom. The summed E-state index contributed by atoms with van der Waals surface area (Å²) in [4.78, 5) is 22.6. The SMILES string of the molecule is CN=C(NCCC(=O)N1CCc2sccc2C1)N1CCc2ccccc21. The topological polar surface area (TPSA) is 47.9 Å². The molecule has 26 heavy (non-hydrogen) atoms. The minimum Gasteiger partial charge on any atom is -0.355 e. The number of aliphatic imine (C=N–C) groups is 1. The number of hydrogen-bond donors (Lipinski definition) is 1. The molecule has 0 unspecified atom stereocenters. The normalized spacial score (nSPS) is 16.4. The van der Waals surface area contributed by atoms with Gasteiger partial charge in [-0.15, -0.1) is 11.3 Å². The van der Waals surface area contributed by atoms with E-state index in [-0.39, 0.29) is 5.91 Å². The first-order valence-corrected chi connectivity index (χ1v) is 10.0. The summed E-state index contributed by atoms with van der Waals surface area (Å²) in [5.74, 6) is 1.06. The molecule has 0 bridgehead atoms. The Morgan fingerprint density at radius 2 is 2.08 bits per heavy atom. The lowest BCUT2D eigenvalue weighted by atomic mass is 10.1. The van der Waals surface area contributed by atoms with Gasteiger partial charge < -0.3 is 15.1 Å². The van der Waals surface area contributed by atoms with Gasteiger partial charge in [-0.3, -0.25) is 9.79 Å². The van der Waals surface area contributed by atoms with E-state index >= 15 is 0 Å². The van der Waals surface area contributed by atoms with Crippen molar-refractivity contribution in [3.63, 3.8) is 0 Å². The highest BCUT2D eigenvalue weighted by Gasteiger charge is 2.24. The predicted octanol–water partition coefficient (Wildman–Crippen LogP) is 2.66. The van der Waals surface area contributed by atoms with Gasteiger partial charge in [0.1, 0.15) is 0 Å². The Labute approximate surface area is 158 Å². The maximum Gasteiger partial charge on any atom is 0.224 e. The molecule has 2 aliphatic heterocycles. The van der Waals surface area contributed by atoms with Crippen LogP contribution >= 0.6 is 11.3 Å². The van der Waals surface area contributed by atoms with Crippen molar-refractivity contribution in [2.24, 2.45) is 4.99 Å². The number of fused-ring (bicyclic) bond motifs is 2. The highest BCUT2D eigenvalue weighted by Crippen LogP contribution is 2.27. The van der Waals surface area contributed by atoms with Gasteiger partial charge in [0.2, 0.25) is 5.91 Å².